The fourth-order valence-corrected chi connectivity index (χ4v) is 3.42. The number of amides is 1. The smallest absolute Gasteiger partial charge is 0.228 e. The van der Waals surface area contributed by atoms with Crippen LogP contribution in [0.15, 0.2) is 0 Å². The summed E-state index contributed by atoms with van der Waals surface area (Å²) in [4.78, 5) is 26.8. The topological polar surface area (TPSA) is 37.4 Å². The minimum atomic E-state index is -0.294. The van der Waals surface area contributed by atoms with E-state index < -0.39 is 0 Å². The lowest BCUT2D eigenvalue weighted by atomic mass is 9.83. The number of Topliss-reactive ketones (excluding diaryl/α,β-unsaturated/α-hetero) is 1. The van der Waals surface area contributed by atoms with Crippen LogP contribution < -0.4 is 0 Å². The van der Waals surface area contributed by atoms with Crippen molar-refractivity contribution in [1.82, 2.24) is 4.90 Å². The molecule has 0 N–H and O–H groups in total. The predicted octanol–water partition coefficient (Wildman–Crippen LogP) is 3.17. The molecule has 2 fully saturated rings. The summed E-state index contributed by atoms with van der Waals surface area (Å²) in [6.07, 6.45) is 6.84. The van der Waals surface area contributed by atoms with Gasteiger partial charge in [0, 0.05) is 30.3 Å². The molecular weight excluding hydrogens is 238 g/mol. The van der Waals surface area contributed by atoms with E-state index in [2.05, 4.69) is 6.92 Å². The molecule has 2 atom stereocenters. The van der Waals surface area contributed by atoms with Crippen molar-refractivity contribution in [3.8, 4) is 0 Å². The van der Waals surface area contributed by atoms with Crippen molar-refractivity contribution in [3.63, 3.8) is 0 Å². The molecule has 1 aliphatic carbocycles. The van der Waals surface area contributed by atoms with E-state index in [1.807, 2.05) is 18.7 Å². The number of likely N-dealkylation sites (tertiary alicyclic amines) is 1. The molecule has 3 heteroatoms. The Morgan fingerprint density at radius 2 is 2.00 bits per heavy atom. The predicted molar refractivity (Wildman–Crippen MR) is 75.8 cm³/mol. The molecule has 0 radical (unpaired) electrons. The summed E-state index contributed by atoms with van der Waals surface area (Å²) >= 11 is 0. The first-order chi connectivity index (χ1) is 8.97. The lowest BCUT2D eigenvalue weighted by Crippen LogP contribution is -2.52. The number of nitrogens with zero attached hydrogens (tertiary/aromatic N) is 1. The first-order valence-corrected chi connectivity index (χ1v) is 7.81. The van der Waals surface area contributed by atoms with Gasteiger partial charge in [0.25, 0.3) is 0 Å². The van der Waals surface area contributed by atoms with Gasteiger partial charge >= 0.3 is 0 Å². The zero-order chi connectivity index (χ0) is 14.0. The van der Waals surface area contributed by atoms with Crippen molar-refractivity contribution in [2.45, 2.75) is 71.8 Å². The average molecular weight is 265 g/mol. The molecule has 0 spiro atoms. The largest absolute Gasteiger partial charge is 0.339 e. The molecule has 0 bridgehead atoms. The number of hydrogen-bond donors (Lipinski definition) is 0. The monoisotopic (exact) mass is 265 g/mol. The van der Waals surface area contributed by atoms with Gasteiger partial charge in [0.2, 0.25) is 5.91 Å². The van der Waals surface area contributed by atoms with Gasteiger partial charge in [-0.3, -0.25) is 9.59 Å². The van der Waals surface area contributed by atoms with Crippen molar-refractivity contribution < 1.29 is 9.59 Å². The summed E-state index contributed by atoms with van der Waals surface area (Å²) in [5.41, 5.74) is -0.294. The van der Waals surface area contributed by atoms with Gasteiger partial charge in [-0.2, -0.15) is 0 Å². The highest BCUT2D eigenvalue weighted by Crippen LogP contribution is 2.35. The maximum absolute atomic E-state index is 12.7. The highest BCUT2D eigenvalue weighted by atomic mass is 16.2. The van der Waals surface area contributed by atoms with Gasteiger partial charge in [-0.1, -0.05) is 20.8 Å². The summed E-state index contributed by atoms with van der Waals surface area (Å²) in [7, 11) is 0. The van der Waals surface area contributed by atoms with Gasteiger partial charge in [-0.25, -0.2) is 0 Å². The van der Waals surface area contributed by atoms with E-state index in [4.69, 9.17) is 0 Å². The number of hydrogen-bond acceptors (Lipinski definition) is 2. The Morgan fingerprint density at radius 1 is 1.26 bits per heavy atom. The molecule has 1 amide bonds. The minimum absolute atomic E-state index is 0.122. The van der Waals surface area contributed by atoms with Gasteiger partial charge in [0.05, 0.1) is 0 Å². The lowest BCUT2D eigenvalue weighted by molar-refractivity contribution is -0.146. The normalized spacial score (nSPS) is 28.8. The van der Waals surface area contributed by atoms with Gasteiger partial charge in [-0.15, -0.1) is 0 Å². The first kappa shape index (κ1) is 14.5. The van der Waals surface area contributed by atoms with Gasteiger partial charge in [0.1, 0.15) is 5.78 Å². The van der Waals surface area contributed by atoms with E-state index in [-0.39, 0.29) is 23.3 Å². The number of carbonyl (C=O) groups is 2. The number of carbonyl (C=O) groups excluding carboxylic acids is 2. The Morgan fingerprint density at radius 3 is 2.58 bits per heavy atom. The molecule has 0 aromatic rings. The molecule has 108 valence electrons. The van der Waals surface area contributed by atoms with E-state index in [1.54, 1.807) is 0 Å². The molecule has 2 aliphatic rings. The quantitative estimate of drug-likeness (QED) is 0.786. The molecule has 1 saturated heterocycles. The van der Waals surface area contributed by atoms with Crippen LogP contribution in [-0.2, 0) is 9.59 Å². The SMILES string of the molecule is CCC(C)(C)C(=O)N1CCCCC1C1CCCC1=O. The second kappa shape index (κ2) is 5.64. The van der Waals surface area contributed by atoms with E-state index in [0.29, 0.717) is 5.78 Å². The molecule has 2 unspecified atom stereocenters. The Kier molecular flexibility index (Phi) is 4.32. The van der Waals surface area contributed by atoms with Crippen LogP contribution in [0.5, 0.6) is 0 Å². The first-order valence-electron chi connectivity index (χ1n) is 7.81. The summed E-state index contributed by atoms with van der Waals surface area (Å²) < 4.78 is 0. The van der Waals surface area contributed by atoms with Crippen LogP contribution in [0.1, 0.15) is 65.7 Å². The van der Waals surface area contributed by atoms with Crippen LogP contribution in [-0.4, -0.2) is 29.2 Å². The standard InChI is InChI=1S/C16H27NO2/c1-4-16(2,3)15(19)17-11-6-5-9-13(17)12-8-7-10-14(12)18/h12-13H,4-11H2,1-3H3. The van der Waals surface area contributed by atoms with Gasteiger partial charge in [0.15, 0.2) is 0 Å². The van der Waals surface area contributed by atoms with Crippen molar-refractivity contribution >= 4 is 11.7 Å². The fourth-order valence-electron chi connectivity index (χ4n) is 3.42. The van der Waals surface area contributed by atoms with Crippen molar-refractivity contribution in [2.75, 3.05) is 6.54 Å². The van der Waals surface area contributed by atoms with E-state index in [9.17, 15) is 9.59 Å². The van der Waals surface area contributed by atoms with Crippen molar-refractivity contribution in [1.29, 1.82) is 0 Å². The average Bonchev–Trinajstić information content (AvgIpc) is 2.84. The third-order valence-corrected chi connectivity index (χ3v) is 5.09. The molecule has 0 aromatic heterocycles. The molecular formula is C16H27NO2. The summed E-state index contributed by atoms with van der Waals surface area (Å²) in [5.74, 6) is 0.760. The zero-order valence-corrected chi connectivity index (χ0v) is 12.6. The molecule has 19 heavy (non-hydrogen) atoms. The molecule has 3 nitrogen and oxygen atoms in total. The van der Waals surface area contributed by atoms with Crippen LogP contribution in [0, 0.1) is 11.3 Å². The van der Waals surface area contributed by atoms with Crippen LogP contribution in [0.4, 0.5) is 0 Å². The summed E-state index contributed by atoms with van der Waals surface area (Å²) in [6, 6.07) is 0.182. The number of ketones is 1. The van der Waals surface area contributed by atoms with Gasteiger partial charge < -0.3 is 4.90 Å². The maximum Gasteiger partial charge on any atom is 0.228 e. The van der Waals surface area contributed by atoms with Crippen molar-refractivity contribution in [2.24, 2.45) is 11.3 Å². The number of piperidine rings is 1. The van der Waals surface area contributed by atoms with Crippen LogP contribution in [0.25, 0.3) is 0 Å². The molecule has 1 heterocycles. The highest BCUT2D eigenvalue weighted by Gasteiger charge is 2.41. The number of rotatable bonds is 3. The Bertz CT molecular complexity index is 362. The van der Waals surface area contributed by atoms with Crippen molar-refractivity contribution in [3.05, 3.63) is 0 Å². The second-order valence-electron chi connectivity index (χ2n) is 6.76. The zero-order valence-electron chi connectivity index (χ0n) is 12.6. The third-order valence-electron chi connectivity index (χ3n) is 5.09. The molecule has 1 saturated carbocycles. The molecule has 2 rings (SSSR count). The van der Waals surface area contributed by atoms with Crippen LogP contribution >= 0.6 is 0 Å². The lowest BCUT2D eigenvalue weighted by Gasteiger charge is -2.42. The maximum atomic E-state index is 12.7. The molecule has 0 aromatic carbocycles. The second-order valence-corrected chi connectivity index (χ2v) is 6.76. The minimum Gasteiger partial charge on any atom is -0.339 e. The van der Waals surface area contributed by atoms with Crippen LogP contribution in [0.3, 0.4) is 0 Å². The Balaban J connectivity index is 2.16. The highest BCUT2D eigenvalue weighted by molar-refractivity contribution is 5.86. The van der Waals surface area contributed by atoms with E-state index in [1.165, 1.54) is 0 Å². The van der Waals surface area contributed by atoms with E-state index >= 15 is 0 Å². The summed E-state index contributed by atoms with van der Waals surface area (Å²) in [5, 5.41) is 0. The van der Waals surface area contributed by atoms with Crippen LogP contribution in [0.2, 0.25) is 0 Å². The third kappa shape index (κ3) is 2.85. The molecule has 1 aliphatic heterocycles. The Hall–Kier alpha value is -0.860. The van der Waals surface area contributed by atoms with E-state index in [0.717, 1.165) is 51.5 Å². The Labute approximate surface area is 116 Å². The summed E-state index contributed by atoms with van der Waals surface area (Å²) in [6.45, 7) is 6.96. The van der Waals surface area contributed by atoms with Gasteiger partial charge in [-0.05, 0) is 38.5 Å². The fraction of sp³-hybridized carbons (Fsp3) is 0.875.